The SMILES string of the molecule is N#CCONc1nc(Nc2ccc(OCC(=O)O)cc2)nc(-c2ccccc2)c1F. The van der Waals surface area contributed by atoms with E-state index in [0.717, 1.165) is 0 Å². The molecule has 2 aromatic carbocycles. The molecule has 10 heteroatoms. The van der Waals surface area contributed by atoms with E-state index in [1.54, 1.807) is 60.7 Å². The highest BCUT2D eigenvalue weighted by Crippen LogP contribution is 2.27. The Morgan fingerprint density at radius 3 is 2.53 bits per heavy atom. The monoisotopic (exact) mass is 409 g/mol. The standard InChI is InChI=1S/C20H16FN5O4/c21-17-18(13-4-2-1-3-5-13)24-20(25-19(17)26-30-11-10-22)23-14-6-8-15(9-7-14)29-12-16(27)28/h1-9H,11-12H2,(H,27,28)(H2,23,24,25,26). The number of carboxylic acids is 1. The molecule has 1 aromatic heterocycles. The second kappa shape index (κ2) is 9.81. The minimum atomic E-state index is -1.08. The highest BCUT2D eigenvalue weighted by Gasteiger charge is 2.16. The summed E-state index contributed by atoms with van der Waals surface area (Å²) in [4.78, 5) is 23.7. The molecule has 0 bridgehead atoms. The van der Waals surface area contributed by atoms with Gasteiger partial charge in [0.2, 0.25) is 5.95 Å². The number of aliphatic carboxylic acids is 1. The molecule has 30 heavy (non-hydrogen) atoms. The number of rotatable bonds is 9. The molecule has 0 aliphatic heterocycles. The summed E-state index contributed by atoms with van der Waals surface area (Å²) in [6, 6.07) is 16.9. The normalized spacial score (nSPS) is 10.1. The van der Waals surface area contributed by atoms with Crippen molar-refractivity contribution in [3.05, 3.63) is 60.4 Å². The fourth-order valence-electron chi connectivity index (χ4n) is 2.40. The second-order valence-electron chi connectivity index (χ2n) is 5.81. The molecule has 0 atom stereocenters. The average Bonchev–Trinajstić information content (AvgIpc) is 2.76. The third-order valence-corrected chi connectivity index (χ3v) is 3.68. The number of nitrogens with one attached hydrogen (secondary N) is 2. The van der Waals surface area contributed by atoms with Crippen LogP contribution in [0.3, 0.4) is 0 Å². The Labute approximate surface area is 170 Å². The maximum Gasteiger partial charge on any atom is 0.341 e. The van der Waals surface area contributed by atoms with E-state index in [4.69, 9.17) is 19.9 Å². The molecule has 152 valence electrons. The van der Waals surface area contributed by atoms with Crippen LogP contribution in [-0.4, -0.2) is 34.3 Å². The van der Waals surface area contributed by atoms with E-state index in [1.807, 2.05) is 0 Å². The third-order valence-electron chi connectivity index (χ3n) is 3.68. The van der Waals surface area contributed by atoms with Crippen molar-refractivity contribution in [2.75, 3.05) is 24.0 Å². The molecule has 3 N–H and O–H groups in total. The number of carboxylic acid groups (broad SMARTS) is 1. The molecular weight excluding hydrogens is 393 g/mol. The van der Waals surface area contributed by atoms with Crippen LogP contribution in [0.15, 0.2) is 54.6 Å². The second-order valence-corrected chi connectivity index (χ2v) is 5.81. The molecule has 0 radical (unpaired) electrons. The number of aromatic nitrogens is 2. The van der Waals surface area contributed by atoms with Gasteiger partial charge in [-0.15, -0.1) is 0 Å². The lowest BCUT2D eigenvalue weighted by molar-refractivity contribution is -0.139. The van der Waals surface area contributed by atoms with Crippen LogP contribution < -0.4 is 15.5 Å². The predicted molar refractivity (Wildman–Crippen MR) is 105 cm³/mol. The molecule has 3 aromatic rings. The van der Waals surface area contributed by atoms with Gasteiger partial charge in [-0.25, -0.2) is 19.6 Å². The first-order chi connectivity index (χ1) is 14.6. The van der Waals surface area contributed by atoms with Crippen molar-refractivity contribution < 1.29 is 23.9 Å². The molecule has 0 saturated carbocycles. The summed E-state index contributed by atoms with van der Waals surface area (Å²) in [6.07, 6.45) is 0. The summed E-state index contributed by atoms with van der Waals surface area (Å²) in [6.45, 7) is -0.753. The Hall–Kier alpha value is -4.23. The Morgan fingerprint density at radius 2 is 1.87 bits per heavy atom. The van der Waals surface area contributed by atoms with Crippen molar-refractivity contribution in [2.24, 2.45) is 0 Å². The van der Waals surface area contributed by atoms with E-state index < -0.39 is 18.4 Å². The molecule has 0 aliphatic carbocycles. The summed E-state index contributed by atoms with van der Waals surface area (Å²) in [7, 11) is 0. The van der Waals surface area contributed by atoms with Gasteiger partial charge in [0.25, 0.3) is 0 Å². The van der Waals surface area contributed by atoms with Crippen molar-refractivity contribution in [3.63, 3.8) is 0 Å². The van der Waals surface area contributed by atoms with Crippen molar-refractivity contribution in [1.82, 2.24) is 9.97 Å². The molecule has 0 unspecified atom stereocenters. The van der Waals surface area contributed by atoms with E-state index in [2.05, 4.69) is 20.8 Å². The first-order valence-electron chi connectivity index (χ1n) is 8.66. The lowest BCUT2D eigenvalue weighted by Crippen LogP contribution is -2.10. The number of ether oxygens (including phenoxy) is 1. The number of nitrogens with zero attached hydrogens (tertiary/aromatic N) is 3. The van der Waals surface area contributed by atoms with Crippen LogP contribution in [0.25, 0.3) is 11.3 Å². The lowest BCUT2D eigenvalue weighted by Gasteiger charge is -2.12. The van der Waals surface area contributed by atoms with E-state index in [0.29, 0.717) is 17.0 Å². The van der Waals surface area contributed by atoms with Gasteiger partial charge in [-0.05, 0) is 24.3 Å². The van der Waals surface area contributed by atoms with Gasteiger partial charge in [-0.3, -0.25) is 4.84 Å². The molecule has 0 amide bonds. The zero-order valence-electron chi connectivity index (χ0n) is 15.5. The first-order valence-corrected chi connectivity index (χ1v) is 8.66. The maximum absolute atomic E-state index is 14.9. The van der Waals surface area contributed by atoms with Gasteiger partial charge in [0, 0.05) is 11.3 Å². The van der Waals surface area contributed by atoms with Gasteiger partial charge >= 0.3 is 5.97 Å². The molecule has 0 aliphatic rings. The van der Waals surface area contributed by atoms with E-state index in [1.165, 1.54) is 0 Å². The maximum atomic E-state index is 14.9. The summed E-state index contributed by atoms with van der Waals surface area (Å²) in [5.41, 5.74) is 3.45. The van der Waals surface area contributed by atoms with Crippen LogP contribution in [-0.2, 0) is 9.63 Å². The fourth-order valence-corrected chi connectivity index (χ4v) is 2.40. The lowest BCUT2D eigenvalue weighted by atomic mass is 10.1. The number of hydrogen-bond donors (Lipinski definition) is 3. The minimum Gasteiger partial charge on any atom is -0.482 e. The van der Waals surface area contributed by atoms with Crippen LogP contribution in [0.1, 0.15) is 0 Å². The molecule has 3 rings (SSSR count). The zero-order valence-corrected chi connectivity index (χ0v) is 15.5. The van der Waals surface area contributed by atoms with E-state index in [-0.39, 0.29) is 24.1 Å². The summed E-state index contributed by atoms with van der Waals surface area (Å²) < 4.78 is 19.9. The number of halogens is 1. The topological polar surface area (TPSA) is 129 Å². The first kappa shape index (κ1) is 20.5. The number of hydrogen-bond acceptors (Lipinski definition) is 8. The smallest absolute Gasteiger partial charge is 0.341 e. The molecule has 9 nitrogen and oxygen atoms in total. The number of anilines is 3. The Kier molecular flexibility index (Phi) is 6.70. The summed E-state index contributed by atoms with van der Waals surface area (Å²) in [5.74, 6) is -1.59. The number of benzene rings is 2. The van der Waals surface area contributed by atoms with Crippen molar-refractivity contribution in [1.29, 1.82) is 5.26 Å². The van der Waals surface area contributed by atoms with Gasteiger partial charge in [-0.1, -0.05) is 30.3 Å². The van der Waals surface area contributed by atoms with Crippen molar-refractivity contribution in [3.8, 4) is 23.1 Å². The van der Waals surface area contributed by atoms with Crippen LogP contribution in [0.5, 0.6) is 5.75 Å². The molecule has 0 saturated heterocycles. The van der Waals surface area contributed by atoms with Crippen LogP contribution in [0, 0.1) is 17.1 Å². The van der Waals surface area contributed by atoms with Crippen LogP contribution in [0.2, 0.25) is 0 Å². The van der Waals surface area contributed by atoms with Gasteiger partial charge in [0.1, 0.15) is 11.4 Å². The van der Waals surface area contributed by atoms with Crippen LogP contribution >= 0.6 is 0 Å². The third kappa shape index (κ3) is 5.40. The largest absolute Gasteiger partial charge is 0.482 e. The van der Waals surface area contributed by atoms with Gasteiger partial charge < -0.3 is 15.2 Å². The Morgan fingerprint density at radius 1 is 1.13 bits per heavy atom. The minimum absolute atomic E-state index is 0.0394. The Bertz CT molecular complexity index is 1060. The van der Waals surface area contributed by atoms with Crippen molar-refractivity contribution >= 4 is 23.4 Å². The highest BCUT2D eigenvalue weighted by molar-refractivity contribution is 5.69. The fraction of sp³-hybridized carbons (Fsp3) is 0.100. The number of nitriles is 1. The van der Waals surface area contributed by atoms with E-state index >= 15 is 0 Å². The zero-order chi connectivity index (χ0) is 21.3. The molecule has 0 fully saturated rings. The van der Waals surface area contributed by atoms with Crippen LogP contribution in [0.4, 0.5) is 21.8 Å². The molecule has 1 heterocycles. The van der Waals surface area contributed by atoms with Crippen molar-refractivity contribution in [2.45, 2.75) is 0 Å². The van der Waals surface area contributed by atoms with Gasteiger partial charge in [0.15, 0.2) is 24.8 Å². The van der Waals surface area contributed by atoms with E-state index in [9.17, 15) is 9.18 Å². The summed E-state index contributed by atoms with van der Waals surface area (Å²) in [5, 5.41) is 20.2. The molecule has 0 spiro atoms. The van der Waals surface area contributed by atoms with Gasteiger partial charge in [-0.2, -0.15) is 10.2 Å². The quantitative estimate of drug-likeness (QED) is 0.360. The average molecular weight is 409 g/mol. The van der Waals surface area contributed by atoms with Gasteiger partial charge in [0.05, 0.1) is 6.07 Å². The summed E-state index contributed by atoms with van der Waals surface area (Å²) >= 11 is 0. The highest BCUT2D eigenvalue weighted by atomic mass is 19.1. The number of carbonyl (C=O) groups is 1. The Balaban J connectivity index is 1.87. The predicted octanol–water partition coefficient (Wildman–Crippen LogP) is 3.36. The molecular formula is C20H16FN5O4.